The second-order valence-corrected chi connectivity index (χ2v) is 3.33. The molecule has 16 heavy (non-hydrogen) atoms. The second-order valence-electron chi connectivity index (χ2n) is 3.33. The first kappa shape index (κ1) is 13.1. The van der Waals surface area contributed by atoms with Gasteiger partial charge in [0, 0.05) is 19.6 Å². The molecule has 1 rings (SSSR count). The number of rotatable bonds is 6. The third-order valence-corrected chi connectivity index (χ3v) is 2.00. The Hall–Kier alpha value is -1.01. The molecule has 0 fully saturated rings. The van der Waals surface area contributed by atoms with Crippen molar-refractivity contribution >= 4 is 0 Å². The molecule has 0 aliphatic carbocycles. The molecule has 1 aromatic rings. The molecule has 92 valence electrons. The SMILES string of the molecule is NCC(OCCCC(F)(F)F)c1ccco1. The summed E-state index contributed by atoms with van der Waals surface area (Å²) in [5.41, 5.74) is 5.42. The number of hydrogen-bond donors (Lipinski definition) is 1. The zero-order valence-electron chi connectivity index (χ0n) is 8.67. The molecule has 0 aliphatic heterocycles. The minimum absolute atomic E-state index is 0.0159. The third kappa shape index (κ3) is 4.67. The topological polar surface area (TPSA) is 48.4 Å². The van der Waals surface area contributed by atoms with Crippen molar-refractivity contribution in [1.82, 2.24) is 0 Å². The molecule has 2 N–H and O–H groups in total. The standard InChI is InChI=1S/C10H14F3NO2/c11-10(12,13)4-2-6-16-9(7-14)8-3-1-5-15-8/h1,3,5,9H,2,4,6-7,14H2. The smallest absolute Gasteiger partial charge is 0.389 e. The molecule has 0 spiro atoms. The van der Waals surface area contributed by atoms with Crippen molar-refractivity contribution < 1.29 is 22.3 Å². The largest absolute Gasteiger partial charge is 0.467 e. The van der Waals surface area contributed by atoms with Gasteiger partial charge in [-0.1, -0.05) is 0 Å². The lowest BCUT2D eigenvalue weighted by atomic mass is 10.2. The summed E-state index contributed by atoms with van der Waals surface area (Å²) in [6.45, 7) is 0.196. The normalized spacial score (nSPS) is 14.0. The van der Waals surface area contributed by atoms with Crippen LogP contribution in [0.3, 0.4) is 0 Å². The summed E-state index contributed by atoms with van der Waals surface area (Å²) in [4.78, 5) is 0. The number of hydrogen-bond acceptors (Lipinski definition) is 3. The van der Waals surface area contributed by atoms with Crippen LogP contribution in [-0.2, 0) is 4.74 Å². The predicted molar refractivity (Wildman–Crippen MR) is 51.7 cm³/mol. The molecule has 6 heteroatoms. The van der Waals surface area contributed by atoms with E-state index in [2.05, 4.69) is 0 Å². The van der Waals surface area contributed by atoms with Gasteiger partial charge in [0.2, 0.25) is 0 Å². The van der Waals surface area contributed by atoms with Crippen LogP contribution in [0.4, 0.5) is 13.2 Å². The van der Waals surface area contributed by atoms with E-state index in [0.717, 1.165) is 0 Å². The summed E-state index contributed by atoms with van der Waals surface area (Å²) in [5, 5.41) is 0. The van der Waals surface area contributed by atoms with E-state index in [1.807, 2.05) is 0 Å². The molecule has 1 aromatic heterocycles. The Labute approximate surface area is 91.4 Å². The van der Waals surface area contributed by atoms with E-state index in [1.165, 1.54) is 6.26 Å². The van der Waals surface area contributed by atoms with Crippen molar-refractivity contribution in [1.29, 1.82) is 0 Å². The molecule has 3 nitrogen and oxygen atoms in total. The molecule has 0 bridgehead atoms. The zero-order valence-corrected chi connectivity index (χ0v) is 8.67. The molecule has 1 atom stereocenters. The van der Waals surface area contributed by atoms with Crippen molar-refractivity contribution in [3.8, 4) is 0 Å². The number of nitrogens with two attached hydrogens (primary N) is 1. The van der Waals surface area contributed by atoms with Gasteiger partial charge < -0.3 is 14.9 Å². The van der Waals surface area contributed by atoms with Crippen molar-refractivity contribution in [3.63, 3.8) is 0 Å². The summed E-state index contributed by atoms with van der Waals surface area (Å²) >= 11 is 0. The van der Waals surface area contributed by atoms with Crippen LogP contribution >= 0.6 is 0 Å². The van der Waals surface area contributed by atoms with E-state index in [0.29, 0.717) is 5.76 Å². The monoisotopic (exact) mass is 237 g/mol. The van der Waals surface area contributed by atoms with Gasteiger partial charge in [-0.15, -0.1) is 0 Å². The highest BCUT2D eigenvalue weighted by Crippen LogP contribution is 2.22. The lowest BCUT2D eigenvalue weighted by Gasteiger charge is -2.13. The van der Waals surface area contributed by atoms with Gasteiger partial charge in [0.05, 0.1) is 6.26 Å². The van der Waals surface area contributed by atoms with E-state index in [9.17, 15) is 13.2 Å². The Balaban J connectivity index is 2.25. The molecule has 0 saturated heterocycles. The fourth-order valence-corrected chi connectivity index (χ4v) is 1.24. The molecule has 0 saturated carbocycles. The van der Waals surface area contributed by atoms with E-state index >= 15 is 0 Å². The van der Waals surface area contributed by atoms with E-state index < -0.39 is 18.7 Å². The van der Waals surface area contributed by atoms with Crippen LogP contribution in [0.5, 0.6) is 0 Å². The van der Waals surface area contributed by atoms with Crippen LogP contribution in [-0.4, -0.2) is 19.3 Å². The van der Waals surface area contributed by atoms with Gasteiger partial charge in [-0.2, -0.15) is 13.2 Å². The Morgan fingerprint density at radius 2 is 2.19 bits per heavy atom. The fraction of sp³-hybridized carbons (Fsp3) is 0.600. The molecule has 0 aromatic carbocycles. The van der Waals surface area contributed by atoms with Gasteiger partial charge in [-0.25, -0.2) is 0 Å². The molecule has 0 amide bonds. The summed E-state index contributed by atoms with van der Waals surface area (Å²) in [5.74, 6) is 0.537. The molecule has 1 heterocycles. The van der Waals surface area contributed by atoms with E-state index in [-0.39, 0.29) is 19.6 Å². The van der Waals surface area contributed by atoms with Crippen LogP contribution < -0.4 is 5.73 Å². The van der Waals surface area contributed by atoms with Crippen molar-refractivity contribution in [3.05, 3.63) is 24.2 Å². The summed E-state index contributed by atoms with van der Waals surface area (Å²) < 4.78 is 45.8. The van der Waals surface area contributed by atoms with Crippen molar-refractivity contribution in [2.45, 2.75) is 25.1 Å². The Morgan fingerprint density at radius 3 is 2.69 bits per heavy atom. The highest BCUT2D eigenvalue weighted by Gasteiger charge is 2.26. The highest BCUT2D eigenvalue weighted by atomic mass is 19.4. The number of alkyl halides is 3. The van der Waals surface area contributed by atoms with Crippen LogP contribution in [0.1, 0.15) is 24.7 Å². The molecular weight excluding hydrogens is 223 g/mol. The predicted octanol–water partition coefficient (Wildman–Crippen LogP) is 2.64. The van der Waals surface area contributed by atoms with Crippen LogP contribution in [0.15, 0.2) is 22.8 Å². The first-order chi connectivity index (χ1) is 7.53. The van der Waals surface area contributed by atoms with Crippen molar-refractivity contribution in [2.24, 2.45) is 5.73 Å². The minimum atomic E-state index is -4.13. The first-order valence-electron chi connectivity index (χ1n) is 4.95. The second kappa shape index (κ2) is 5.91. The van der Waals surface area contributed by atoms with Gasteiger partial charge in [0.1, 0.15) is 11.9 Å². The van der Waals surface area contributed by atoms with Crippen LogP contribution in [0.2, 0.25) is 0 Å². The minimum Gasteiger partial charge on any atom is -0.467 e. The zero-order chi connectivity index (χ0) is 12.0. The van der Waals surface area contributed by atoms with Crippen LogP contribution in [0, 0.1) is 0 Å². The van der Waals surface area contributed by atoms with E-state index in [4.69, 9.17) is 14.9 Å². The molecule has 1 unspecified atom stereocenters. The molecular formula is C10H14F3NO2. The third-order valence-electron chi connectivity index (χ3n) is 2.00. The maximum atomic E-state index is 11.8. The summed E-state index contributed by atoms with van der Waals surface area (Å²) in [7, 11) is 0. The Kier molecular flexibility index (Phi) is 4.82. The highest BCUT2D eigenvalue weighted by molar-refractivity contribution is 5.02. The maximum Gasteiger partial charge on any atom is 0.389 e. The van der Waals surface area contributed by atoms with Gasteiger partial charge in [0.25, 0.3) is 0 Å². The lowest BCUT2D eigenvalue weighted by Crippen LogP contribution is -2.17. The van der Waals surface area contributed by atoms with Gasteiger partial charge in [-0.3, -0.25) is 0 Å². The first-order valence-corrected chi connectivity index (χ1v) is 4.95. The van der Waals surface area contributed by atoms with Crippen molar-refractivity contribution in [2.75, 3.05) is 13.2 Å². The number of halogens is 3. The maximum absolute atomic E-state index is 11.8. The Morgan fingerprint density at radius 1 is 1.44 bits per heavy atom. The molecule has 0 radical (unpaired) electrons. The number of ether oxygens (including phenoxy) is 1. The van der Waals surface area contributed by atoms with Gasteiger partial charge in [-0.05, 0) is 18.6 Å². The fourth-order valence-electron chi connectivity index (χ4n) is 1.24. The van der Waals surface area contributed by atoms with Gasteiger partial charge in [0.15, 0.2) is 0 Å². The summed E-state index contributed by atoms with van der Waals surface area (Å²) in [6, 6.07) is 3.36. The van der Waals surface area contributed by atoms with Crippen LogP contribution in [0.25, 0.3) is 0 Å². The summed E-state index contributed by atoms with van der Waals surface area (Å²) in [6.07, 6.45) is -4.05. The van der Waals surface area contributed by atoms with E-state index in [1.54, 1.807) is 12.1 Å². The van der Waals surface area contributed by atoms with Gasteiger partial charge >= 0.3 is 6.18 Å². The quantitative estimate of drug-likeness (QED) is 0.774. The average molecular weight is 237 g/mol. The lowest BCUT2D eigenvalue weighted by molar-refractivity contribution is -0.139. The average Bonchev–Trinajstić information content (AvgIpc) is 2.69. The molecule has 0 aliphatic rings. The number of furan rings is 1. The Bertz CT molecular complexity index is 285.